The molecule has 0 aliphatic rings. The number of amides is 1. The molecular weight excluding hydrogens is 382 g/mol. The van der Waals surface area contributed by atoms with E-state index in [4.69, 9.17) is 9.47 Å². The maximum absolute atomic E-state index is 12.2. The third kappa shape index (κ3) is 7.91. The molecule has 0 unspecified atom stereocenters. The minimum atomic E-state index is -0.398. The van der Waals surface area contributed by atoms with Crippen molar-refractivity contribution in [2.45, 2.75) is 33.3 Å². The molecule has 0 aromatic heterocycles. The van der Waals surface area contributed by atoms with Gasteiger partial charge in [0, 0.05) is 18.5 Å². The molecule has 0 atom stereocenters. The van der Waals surface area contributed by atoms with Crippen molar-refractivity contribution in [3.63, 3.8) is 0 Å². The smallest absolute Gasteiger partial charge is 0.338 e. The molecule has 0 spiro atoms. The van der Waals surface area contributed by atoms with Crippen molar-refractivity contribution < 1.29 is 23.9 Å². The van der Waals surface area contributed by atoms with Crippen LogP contribution in [-0.4, -0.2) is 31.0 Å². The molecule has 0 bridgehead atoms. The molecule has 2 aromatic rings. The third-order valence-electron chi connectivity index (χ3n) is 4.25. The Bertz CT molecular complexity index is 872. The van der Waals surface area contributed by atoms with Crippen molar-refractivity contribution >= 4 is 23.9 Å². The van der Waals surface area contributed by atoms with Crippen LogP contribution in [0.1, 0.15) is 48.2 Å². The Morgan fingerprint density at radius 3 is 2.33 bits per heavy atom. The van der Waals surface area contributed by atoms with Gasteiger partial charge in [0.2, 0.25) is 5.91 Å². The van der Waals surface area contributed by atoms with Crippen LogP contribution in [0.3, 0.4) is 0 Å². The minimum Gasteiger partial charge on any atom is -0.466 e. The van der Waals surface area contributed by atoms with E-state index in [-0.39, 0.29) is 24.9 Å². The fourth-order valence-electron chi connectivity index (χ4n) is 2.64. The summed E-state index contributed by atoms with van der Waals surface area (Å²) in [5, 5.41) is 2.77. The predicted octanol–water partition coefficient (Wildman–Crippen LogP) is 3.91. The molecule has 30 heavy (non-hydrogen) atoms. The van der Waals surface area contributed by atoms with Gasteiger partial charge in [0.1, 0.15) is 6.61 Å². The van der Waals surface area contributed by atoms with Crippen LogP contribution in [0, 0.1) is 0 Å². The average molecular weight is 409 g/mol. The van der Waals surface area contributed by atoms with E-state index in [0.717, 1.165) is 11.1 Å². The number of carbonyl (C=O) groups is 3. The topological polar surface area (TPSA) is 81.7 Å². The molecule has 0 heterocycles. The Morgan fingerprint density at radius 2 is 1.67 bits per heavy atom. The molecule has 0 aliphatic carbocycles. The molecule has 1 amide bonds. The number of nitrogens with one attached hydrogen (secondary N) is 1. The SMILES string of the molecule is CCOC(=O)CCCNC(=O)/C(C)=C/c1ccc(C(=O)OCc2ccccc2)cc1. The second-order valence-corrected chi connectivity index (χ2v) is 6.68. The Balaban J connectivity index is 1.81. The molecule has 158 valence electrons. The van der Waals surface area contributed by atoms with Gasteiger partial charge in [0.15, 0.2) is 0 Å². The quantitative estimate of drug-likeness (QED) is 0.366. The van der Waals surface area contributed by atoms with Gasteiger partial charge in [0.25, 0.3) is 0 Å². The first-order valence-electron chi connectivity index (χ1n) is 9.93. The van der Waals surface area contributed by atoms with Crippen LogP contribution in [-0.2, 0) is 25.7 Å². The largest absolute Gasteiger partial charge is 0.466 e. The lowest BCUT2D eigenvalue weighted by molar-refractivity contribution is -0.143. The van der Waals surface area contributed by atoms with Crippen LogP contribution in [0.2, 0.25) is 0 Å². The van der Waals surface area contributed by atoms with E-state index in [9.17, 15) is 14.4 Å². The van der Waals surface area contributed by atoms with Crippen molar-refractivity contribution in [1.29, 1.82) is 0 Å². The summed E-state index contributed by atoms with van der Waals surface area (Å²) in [6, 6.07) is 16.3. The van der Waals surface area contributed by atoms with E-state index in [1.807, 2.05) is 30.3 Å². The Kier molecular flexibility index (Phi) is 9.31. The van der Waals surface area contributed by atoms with Crippen molar-refractivity contribution in [3.8, 4) is 0 Å². The zero-order valence-corrected chi connectivity index (χ0v) is 17.4. The lowest BCUT2D eigenvalue weighted by Crippen LogP contribution is -2.25. The van der Waals surface area contributed by atoms with Crippen molar-refractivity contribution in [1.82, 2.24) is 5.32 Å². The molecule has 2 rings (SSSR count). The summed E-state index contributed by atoms with van der Waals surface area (Å²) in [7, 11) is 0. The van der Waals surface area contributed by atoms with Crippen molar-refractivity contribution in [3.05, 3.63) is 76.9 Å². The zero-order chi connectivity index (χ0) is 21.8. The first-order chi connectivity index (χ1) is 14.5. The van der Waals surface area contributed by atoms with Gasteiger partial charge < -0.3 is 14.8 Å². The molecule has 1 N–H and O–H groups in total. The molecule has 0 radical (unpaired) electrons. The maximum Gasteiger partial charge on any atom is 0.338 e. The highest BCUT2D eigenvalue weighted by atomic mass is 16.5. The highest BCUT2D eigenvalue weighted by Crippen LogP contribution is 2.11. The fraction of sp³-hybridized carbons (Fsp3) is 0.292. The summed E-state index contributed by atoms with van der Waals surface area (Å²) >= 11 is 0. The molecule has 0 aliphatic heterocycles. The van der Waals surface area contributed by atoms with Gasteiger partial charge in [-0.05, 0) is 49.6 Å². The van der Waals surface area contributed by atoms with Crippen LogP contribution in [0.25, 0.3) is 6.08 Å². The van der Waals surface area contributed by atoms with Gasteiger partial charge in [-0.25, -0.2) is 4.79 Å². The summed E-state index contributed by atoms with van der Waals surface area (Å²) in [5.41, 5.74) is 2.71. The maximum atomic E-state index is 12.2. The normalized spacial score (nSPS) is 10.9. The number of benzene rings is 2. The van der Waals surface area contributed by atoms with Crippen molar-refractivity contribution in [2.24, 2.45) is 0 Å². The minimum absolute atomic E-state index is 0.204. The van der Waals surface area contributed by atoms with E-state index in [0.29, 0.717) is 30.7 Å². The highest BCUT2D eigenvalue weighted by Gasteiger charge is 2.08. The average Bonchev–Trinajstić information content (AvgIpc) is 2.76. The summed E-state index contributed by atoms with van der Waals surface area (Å²) < 4.78 is 10.2. The van der Waals surface area contributed by atoms with E-state index in [1.54, 1.807) is 44.2 Å². The number of hydrogen-bond donors (Lipinski definition) is 1. The van der Waals surface area contributed by atoms with Gasteiger partial charge in [0.05, 0.1) is 12.2 Å². The van der Waals surface area contributed by atoms with Crippen LogP contribution < -0.4 is 5.32 Å². The third-order valence-corrected chi connectivity index (χ3v) is 4.25. The Labute approximate surface area is 176 Å². The predicted molar refractivity (Wildman–Crippen MR) is 115 cm³/mol. The summed E-state index contributed by atoms with van der Waals surface area (Å²) in [4.78, 5) is 35.6. The summed E-state index contributed by atoms with van der Waals surface area (Å²) in [6.45, 7) is 4.44. The number of rotatable bonds is 10. The first-order valence-corrected chi connectivity index (χ1v) is 9.93. The lowest BCUT2D eigenvalue weighted by Gasteiger charge is -2.07. The molecule has 0 saturated heterocycles. The Hall–Kier alpha value is -3.41. The number of ether oxygens (including phenoxy) is 2. The number of hydrogen-bond acceptors (Lipinski definition) is 5. The molecule has 2 aromatic carbocycles. The van der Waals surface area contributed by atoms with Crippen LogP contribution >= 0.6 is 0 Å². The van der Waals surface area contributed by atoms with E-state index in [1.165, 1.54) is 0 Å². The van der Waals surface area contributed by atoms with E-state index < -0.39 is 5.97 Å². The number of esters is 2. The summed E-state index contributed by atoms with van der Waals surface area (Å²) in [5.74, 6) is -0.864. The van der Waals surface area contributed by atoms with Gasteiger partial charge in [-0.3, -0.25) is 9.59 Å². The van der Waals surface area contributed by atoms with Crippen LogP contribution in [0.5, 0.6) is 0 Å². The zero-order valence-electron chi connectivity index (χ0n) is 17.4. The monoisotopic (exact) mass is 409 g/mol. The highest BCUT2D eigenvalue weighted by molar-refractivity contribution is 5.97. The Morgan fingerprint density at radius 1 is 0.967 bits per heavy atom. The van der Waals surface area contributed by atoms with Crippen molar-refractivity contribution in [2.75, 3.05) is 13.2 Å². The summed E-state index contributed by atoms with van der Waals surface area (Å²) in [6.07, 6.45) is 2.54. The van der Waals surface area contributed by atoms with Gasteiger partial charge >= 0.3 is 11.9 Å². The molecule has 6 heteroatoms. The van der Waals surface area contributed by atoms with E-state index in [2.05, 4.69) is 5.32 Å². The number of carbonyl (C=O) groups excluding carboxylic acids is 3. The van der Waals surface area contributed by atoms with Gasteiger partial charge in [-0.2, -0.15) is 0 Å². The lowest BCUT2D eigenvalue weighted by atomic mass is 10.1. The molecule has 0 fully saturated rings. The van der Waals surface area contributed by atoms with Gasteiger partial charge in [-0.15, -0.1) is 0 Å². The second-order valence-electron chi connectivity index (χ2n) is 6.68. The van der Waals surface area contributed by atoms with Crippen LogP contribution in [0.15, 0.2) is 60.2 Å². The first kappa shape index (κ1) is 22.9. The molecular formula is C24H27NO5. The van der Waals surface area contributed by atoms with Gasteiger partial charge in [-0.1, -0.05) is 42.5 Å². The standard InChI is InChI=1S/C24H27NO5/c1-3-29-22(26)10-7-15-25-23(27)18(2)16-19-11-13-21(14-12-19)24(28)30-17-20-8-5-4-6-9-20/h4-6,8-9,11-14,16H,3,7,10,15,17H2,1-2H3,(H,25,27)/b18-16+. The van der Waals surface area contributed by atoms with E-state index >= 15 is 0 Å². The van der Waals surface area contributed by atoms with Crippen LogP contribution in [0.4, 0.5) is 0 Å². The molecule has 0 saturated carbocycles. The molecule has 6 nitrogen and oxygen atoms in total. The fourth-order valence-corrected chi connectivity index (χ4v) is 2.64. The second kappa shape index (κ2) is 12.2.